The second-order valence-corrected chi connectivity index (χ2v) is 6.88. The molecule has 0 aliphatic carbocycles. The van der Waals surface area contributed by atoms with Crippen LogP contribution in [0.3, 0.4) is 0 Å². The van der Waals surface area contributed by atoms with Gasteiger partial charge < -0.3 is 10.6 Å². The molecule has 1 unspecified atom stereocenters. The van der Waals surface area contributed by atoms with E-state index in [1.165, 1.54) is 11.5 Å². The van der Waals surface area contributed by atoms with Crippen molar-refractivity contribution in [3.8, 4) is 11.4 Å². The molecule has 26 heavy (non-hydrogen) atoms. The third kappa shape index (κ3) is 4.67. The summed E-state index contributed by atoms with van der Waals surface area (Å²) in [5.74, 6) is 0.684. The first kappa shape index (κ1) is 18.1. The average molecular weight is 366 g/mol. The van der Waals surface area contributed by atoms with Crippen molar-refractivity contribution in [2.45, 2.75) is 32.9 Å². The highest BCUT2D eigenvalue weighted by Gasteiger charge is 2.10. The molecular formula is C20H22N4OS. The molecule has 134 valence electrons. The van der Waals surface area contributed by atoms with Gasteiger partial charge in [0, 0.05) is 35.2 Å². The fraction of sp³-hybridized carbons (Fsp3) is 0.250. The molecule has 0 bridgehead atoms. The Bertz CT molecular complexity index is 863. The molecule has 1 atom stereocenters. The first-order valence-corrected chi connectivity index (χ1v) is 9.46. The number of nitrogens with zero attached hydrogens (tertiary/aromatic N) is 2. The summed E-state index contributed by atoms with van der Waals surface area (Å²) in [5, 5.41) is 7.03. The summed E-state index contributed by atoms with van der Waals surface area (Å²) in [6.07, 6.45) is 0.910. The van der Waals surface area contributed by atoms with Gasteiger partial charge in [0.15, 0.2) is 5.82 Å². The number of rotatable bonds is 7. The molecule has 0 fully saturated rings. The Kier molecular flexibility index (Phi) is 5.96. The molecule has 2 N–H and O–H groups in total. The largest absolute Gasteiger partial charge is 0.356 e. The van der Waals surface area contributed by atoms with Crippen LogP contribution in [0, 0.1) is 0 Å². The number of hydrogen-bond acceptors (Lipinski definition) is 5. The predicted octanol–water partition coefficient (Wildman–Crippen LogP) is 4.35. The zero-order chi connectivity index (χ0) is 18.4. The van der Waals surface area contributed by atoms with E-state index in [1.54, 1.807) is 0 Å². The molecular weight excluding hydrogens is 344 g/mol. The maximum absolute atomic E-state index is 12.2. The van der Waals surface area contributed by atoms with Crippen LogP contribution in [0.15, 0.2) is 54.6 Å². The summed E-state index contributed by atoms with van der Waals surface area (Å²) >= 11 is 1.33. The van der Waals surface area contributed by atoms with Gasteiger partial charge in [-0.3, -0.25) is 4.79 Å². The standard InChI is InChI=1S/C20H22N4OS/c1-3-14(2)22-19(25)17-11-7-8-15(12-17)13-21-20-23-18(24-26-20)16-9-5-4-6-10-16/h4-12,14H,3,13H2,1-2H3,(H,22,25)(H,21,23,24). The lowest BCUT2D eigenvalue weighted by Crippen LogP contribution is -2.31. The molecule has 0 saturated heterocycles. The number of benzene rings is 2. The highest BCUT2D eigenvalue weighted by Crippen LogP contribution is 2.21. The number of carbonyl (C=O) groups excluding carboxylic acids is 1. The van der Waals surface area contributed by atoms with Crippen molar-refractivity contribution in [2.75, 3.05) is 5.32 Å². The van der Waals surface area contributed by atoms with Gasteiger partial charge in [-0.05, 0) is 31.0 Å². The van der Waals surface area contributed by atoms with Gasteiger partial charge in [0.2, 0.25) is 5.13 Å². The Balaban J connectivity index is 1.63. The van der Waals surface area contributed by atoms with Crippen LogP contribution in [0.1, 0.15) is 36.2 Å². The van der Waals surface area contributed by atoms with E-state index in [0.29, 0.717) is 12.1 Å². The summed E-state index contributed by atoms with van der Waals surface area (Å²) in [7, 11) is 0. The smallest absolute Gasteiger partial charge is 0.251 e. The molecule has 1 heterocycles. The minimum atomic E-state index is -0.0384. The Morgan fingerprint density at radius 3 is 2.73 bits per heavy atom. The van der Waals surface area contributed by atoms with E-state index in [4.69, 9.17) is 0 Å². The van der Waals surface area contributed by atoms with Crippen LogP contribution in [0.2, 0.25) is 0 Å². The topological polar surface area (TPSA) is 66.9 Å². The van der Waals surface area contributed by atoms with Crippen molar-refractivity contribution in [3.63, 3.8) is 0 Å². The summed E-state index contributed by atoms with van der Waals surface area (Å²) in [6.45, 7) is 4.65. The van der Waals surface area contributed by atoms with Gasteiger partial charge in [0.05, 0.1) is 0 Å². The molecule has 3 rings (SSSR count). The van der Waals surface area contributed by atoms with E-state index >= 15 is 0 Å². The first-order chi connectivity index (χ1) is 12.7. The minimum Gasteiger partial charge on any atom is -0.356 e. The number of aromatic nitrogens is 2. The van der Waals surface area contributed by atoms with Crippen LogP contribution in [0.5, 0.6) is 0 Å². The maximum atomic E-state index is 12.2. The molecule has 0 spiro atoms. The van der Waals surface area contributed by atoms with E-state index in [0.717, 1.165) is 28.5 Å². The Hall–Kier alpha value is -2.73. The van der Waals surface area contributed by atoms with Gasteiger partial charge >= 0.3 is 0 Å². The van der Waals surface area contributed by atoms with Gasteiger partial charge in [-0.2, -0.15) is 9.36 Å². The van der Waals surface area contributed by atoms with Gasteiger partial charge in [0.25, 0.3) is 5.91 Å². The number of hydrogen-bond donors (Lipinski definition) is 2. The van der Waals surface area contributed by atoms with Crippen LogP contribution >= 0.6 is 11.5 Å². The van der Waals surface area contributed by atoms with E-state index in [-0.39, 0.29) is 11.9 Å². The van der Waals surface area contributed by atoms with E-state index < -0.39 is 0 Å². The highest BCUT2D eigenvalue weighted by atomic mass is 32.1. The minimum absolute atomic E-state index is 0.0384. The monoisotopic (exact) mass is 366 g/mol. The Labute approximate surface area is 157 Å². The summed E-state index contributed by atoms with van der Waals surface area (Å²) in [6, 6.07) is 17.7. The molecule has 0 aliphatic rings. The van der Waals surface area contributed by atoms with Crippen molar-refractivity contribution < 1.29 is 4.79 Å². The molecule has 5 nitrogen and oxygen atoms in total. The van der Waals surface area contributed by atoms with Crippen molar-refractivity contribution >= 4 is 22.6 Å². The fourth-order valence-corrected chi connectivity index (χ4v) is 2.99. The predicted molar refractivity (Wildman–Crippen MR) is 106 cm³/mol. The van der Waals surface area contributed by atoms with E-state index in [2.05, 4.69) is 26.9 Å². The van der Waals surface area contributed by atoms with E-state index in [1.807, 2.05) is 61.5 Å². The van der Waals surface area contributed by atoms with Crippen molar-refractivity contribution in [2.24, 2.45) is 0 Å². The van der Waals surface area contributed by atoms with Crippen molar-refractivity contribution in [3.05, 3.63) is 65.7 Å². The molecule has 0 aliphatic heterocycles. The summed E-state index contributed by atoms with van der Waals surface area (Å²) < 4.78 is 4.39. The average Bonchev–Trinajstić information content (AvgIpc) is 3.16. The van der Waals surface area contributed by atoms with E-state index in [9.17, 15) is 4.79 Å². The normalized spacial score (nSPS) is 11.8. The summed E-state index contributed by atoms with van der Waals surface area (Å²) in [5.41, 5.74) is 2.70. The third-order valence-electron chi connectivity index (χ3n) is 4.08. The lowest BCUT2D eigenvalue weighted by atomic mass is 10.1. The van der Waals surface area contributed by atoms with Crippen LogP contribution in [0.4, 0.5) is 5.13 Å². The van der Waals surface area contributed by atoms with Crippen LogP contribution in [0.25, 0.3) is 11.4 Å². The Morgan fingerprint density at radius 1 is 1.15 bits per heavy atom. The second kappa shape index (κ2) is 8.58. The van der Waals surface area contributed by atoms with Crippen LogP contribution < -0.4 is 10.6 Å². The maximum Gasteiger partial charge on any atom is 0.251 e. The second-order valence-electron chi connectivity index (χ2n) is 6.13. The molecule has 1 amide bonds. The fourth-order valence-electron chi connectivity index (χ4n) is 2.41. The number of carbonyl (C=O) groups is 1. The highest BCUT2D eigenvalue weighted by molar-refractivity contribution is 7.09. The first-order valence-electron chi connectivity index (χ1n) is 8.68. The summed E-state index contributed by atoms with van der Waals surface area (Å²) in [4.78, 5) is 16.8. The third-order valence-corrected chi connectivity index (χ3v) is 4.75. The van der Waals surface area contributed by atoms with Crippen LogP contribution in [-0.4, -0.2) is 21.3 Å². The number of anilines is 1. The number of amides is 1. The zero-order valence-corrected chi connectivity index (χ0v) is 15.7. The van der Waals surface area contributed by atoms with Crippen LogP contribution in [-0.2, 0) is 6.54 Å². The zero-order valence-electron chi connectivity index (χ0n) is 14.9. The molecule has 0 radical (unpaired) electrons. The molecule has 6 heteroatoms. The van der Waals surface area contributed by atoms with Crippen molar-refractivity contribution in [1.29, 1.82) is 0 Å². The number of nitrogens with one attached hydrogen (secondary N) is 2. The lowest BCUT2D eigenvalue weighted by Gasteiger charge is -2.12. The SMILES string of the molecule is CCC(C)NC(=O)c1cccc(CNc2nc(-c3ccccc3)ns2)c1. The molecule has 0 saturated carbocycles. The van der Waals surface area contributed by atoms with Gasteiger partial charge in [-0.1, -0.05) is 49.4 Å². The van der Waals surface area contributed by atoms with Gasteiger partial charge in [-0.15, -0.1) is 0 Å². The lowest BCUT2D eigenvalue weighted by molar-refractivity contribution is 0.0939. The molecule has 1 aromatic heterocycles. The van der Waals surface area contributed by atoms with Gasteiger partial charge in [0.1, 0.15) is 0 Å². The molecule has 2 aromatic carbocycles. The Morgan fingerprint density at radius 2 is 1.96 bits per heavy atom. The molecule has 3 aromatic rings. The van der Waals surface area contributed by atoms with Crippen molar-refractivity contribution in [1.82, 2.24) is 14.7 Å². The quantitative estimate of drug-likeness (QED) is 0.652. The van der Waals surface area contributed by atoms with Gasteiger partial charge in [-0.25, -0.2) is 0 Å².